The fraction of sp³-hybridized carbons (Fsp3) is 0.435. The molecule has 0 saturated carbocycles. The second kappa shape index (κ2) is 16.1. The van der Waals surface area contributed by atoms with E-state index in [0.717, 1.165) is 5.56 Å². The van der Waals surface area contributed by atoms with Gasteiger partial charge in [-0.1, -0.05) is 90.1 Å². The number of Topliss-reactive ketones (excluding diaryl/α,β-unsaturated/α-hetero) is 1. The van der Waals surface area contributed by atoms with Crippen LogP contribution in [0, 0.1) is 6.92 Å². The number of methoxy groups -OCH3 is 1. The Morgan fingerprint density at radius 1 is 0.983 bits per heavy atom. The largest absolute Gasteiger partial charge is 0.479 e. The number of aryl methyl sites for hydroxylation is 1. The van der Waals surface area contributed by atoms with Gasteiger partial charge in [0.05, 0.1) is 29.3 Å². The third-order valence-corrected chi connectivity index (χ3v) is 19.1. The molecule has 2 aromatic heterocycles. The minimum absolute atomic E-state index is 0.00254. The number of hydrogen-bond donors (Lipinski definition) is 0. The van der Waals surface area contributed by atoms with Gasteiger partial charge in [-0.15, -0.1) is 0 Å². The zero-order valence-electron chi connectivity index (χ0n) is 37.0. The number of carbonyl (C=O) groups is 2. The Labute approximate surface area is 355 Å². The number of nitrogens with zero attached hydrogens (tertiary/aromatic N) is 4. The molecule has 1 aliphatic carbocycles. The van der Waals surface area contributed by atoms with Crippen LogP contribution in [-0.4, -0.2) is 65.9 Å². The van der Waals surface area contributed by atoms with E-state index < -0.39 is 47.6 Å². The highest BCUT2D eigenvalue weighted by molar-refractivity contribution is 7.90. The number of fused-ring (bicyclic) bond motifs is 2. The zero-order chi connectivity index (χ0) is 44.3. The first-order chi connectivity index (χ1) is 28.0. The first kappa shape index (κ1) is 44.5. The van der Waals surface area contributed by atoms with Crippen molar-refractivity contribution in [2.75, 3.05) is 7.11 Å². The molecular formula is C46H58N4O8SSi. The van der Waals surface area contributed by atoms with Crippen LogP contribution in [0.25, 0.3) is 22.2 Å². The summed E-state index contributed by atoms with van der Waals surface area (Å²) < 4.78 is 55.3. The van der Waals surface area contributed by atoms with Gasteiger partial charge in [-0.3, -0.25) is 4.79 Å². The van der Waals surface area contributed by atoms with Crippen molar-refractivity contribution in [2.24, 2.45) is 0 Å². The van der Waals surface area contributed by atoms with Gasteiger partial charge in [0, 0.05) is 22.7 Å². The smallest absolute Gasteiger partial charge is 0.418 e. The number of ether oxygens (including phenoxy) is 3. The molecule has 14 heteroatoms. The van der Waals surface area contributed by atoms with Gasteiger partial charge >= 0.3 is 6.09 Å². The summed E-state index contributed by atoms with van der Waals surface area (Å²) in [5, 5.41) is 0.589. The number of para-hydroxylation sites is 1. The van der Waals surface area contributed by atoms with Crippen LogP contribution in [0.2, 0.25) is 16.6 Å². The number of amides is 1. The molecule has 0 N–H and O–H groups in total. The van der Waals surface area contributed by atoms with Crippen molar-refractivity contribution in [3.63, 3.8) is 0 Å². The molecule has 0 fully saturated rings. The molecule has 3 heterocycles. The van der Waals surface area contributed by atoms with Crippen molar-refractivity contribution in [1.82, 2.24) is 18.8 Å². The van der Waals surface area contributed by atoms with E-state index in [-0.39, 0.29) is 67.9 Å². The molecule has 4 aromatic rings. The number of ketones is 1. The lowest BCUT2D eigenvalue weighted by molar-refractivity contribution is -0.0527. The summed E-state index contributed by atoms with van der Waals surface area (Å²) in [7, 11) is -5.30. The minimum atomic E-state index is -4.06. The first-order valence-corrected chi connectivity index (χ1v) is 24.0. The lowest BCUT2D eigenvalue weighted by Crippen LogP contribution is -2.48. The summed E-state index contributed by atoms with van der Waals surface area (Å²) in [5.74, 6) is -0.309. The van der Waals surface area contributed by atoms with Crippen LogP contribution in [0.5, 0.6) is 5.88 Å². The van der Waals surface area contributed by atoms with Gasteiger partial charge < -0.3 is 18.6 Å². The normalized spacial score (nSPS) is 17.3. The molecule has 6 rings (SSSR count). The van der Waals surface area contributed by atoms with Gasteiger partial charge in [0.1, 0.15) is 28.4 Å². The monoisotopic (exact) mass is 854 g/mol. The van der Waals surface area contributed by atoms with Crippen LogP contribution in [0.3, 0.4) is 0 Å². The van der Waals surface area contributed by atoms with Crippen molar-refractivity contribution in [3.8, 4) is 17.1 Å². The van der Waals surface area contributed by atoms with E-state index in [1.165, 1.54) is 28.3 Å². The van der Waals surface area contributed by atoms with Crippen molar-refractivity contribution in [1.29, 1.82) is 0 Å². The molecule has 1 atom stereocenters. The molecule has 60 heavy (non-hydrogen) atoms. The Morgan fingerprint density at radius 3 is 2.17 bits per heavy atom. The molecule has 0 spiro atoms. The SMILES string of the molecule is C=CC1=C(C2=CCC(O[Si](C(C)C)(C(C)C)C(C)C)c3nc(-c4cn(S(=O)(=O)c5ccc(C)cc5)c5ccccc45)c(OC)nc3C2=O)N(C(=O)OC(C)(C)C)C(C)(C)O1. The summed E-state index contributed by atoms with van der Waals surface area (Å²) in [6.07, 6.45) is 3.50. The molecule has 1 unspecified atom stereocenters. The number of aromatic nitrogens is 3. The Morgan fingerprint density at radius 2 is 1.60 bits per heavy atom. The standard InChI is InChI=1S/C46H58N4O8SSi/c1-15-36-41(50(46(12,13)56-36)44(52)57-45(9,10)11)33-24-25-37(58-60(27(2)3,28(4)5)29(6)7)39-40(42(33)51)48-43(55-14)38(47-39)34-26-49(35-19-17-16-18-32(34)35)59(53,54)31-22-20-30(8)21-23-31/h15-24,26-29,37H,1,25H2,2-14H3. The molecule has 2 aliphatic rings. The molecule has 1 amide bonds. The van der Waals surface area contributed by atoms with E-state index in [0.29, 0.717) is 16.5 Å². The van der Waals surface area contributed by atoms with Crippen molar-refractivity contribution >= 4 is 41.1 Å². The lowest BCUT2D eigenvalue weighted by atomic mass is 10.0. The molecule has 0 bridgehead atoms. The predicted molar refractivity (Wildman–Crippen MR) is 236 cm³/mol. The molecule has 0 saturated heterocycles. The third-order valence-electron chi connectivity index (χ3n) is 11.3. The quantitative estimate of drug-likeness (QED) is 0.134. The van der Waals surface area contributed by atoms with E-state index in [1.54, 1.807) is 77.1 Å². The summed E-state index contributed by atoms with van der Waals surface area (Å²) >= 11 is 0. The van der Waals surface area contributed by atoms with Crippen molar-refractivity contribution < 1.29 is 36.6 Å². The van der Waals surface area contributed by atoms with Gasteiger partial charge in [0.25, 0.3) is 10.0 Å². The molecule has 12 nitrogen and oxygen atoms in total. The van der Waals surface area contributed by atoms with E-state index in [9.17, 15) is 13.2 Å². The Bertz CT molecular complexity index is 2510. The van der Waals surface area contributed by atoms with Crippen LogP contribution in [-0.2, 0) is 23.9 Å². The highest BCUT2D eigenvalue weighted by Gasteiger charge is 2.51. The summed E-state index contributed by atoms with van der Waals surface area (Å²) in [6.45, 7) is 27.7. The topological polar surface area (TPSA) is 139 Å². The number of allylic oxidation sites excluding steroid dienone is 2. The fourth-order valence-corrected chi connectivity index (χ4v) is 15.7. The van der Waals surface area contributed by atoms with Gasteiger partial charge in [-0.25, -0.2) is 32.1 Å². The Hall–Kier alpha value is -5.05. The fourth-order valence-electron chi connectivity index (χ4n) is 8.78. The molecular weight excluding hydrogens is 797 g/mol. The van der Waals surface area contributed by atoms with Crippen molar-refractivity contribution in [3.05, 3.63) is 107 Å². The number of carbonyl (C=O) groups excluding carboxylic acids is 2. The summed E-state index contributed by atoms with van der Waals surface area (Å²) in [5.41, 5.74) is 1.08. The van der Waals surface area contributed by atoms with Crippen LogP contribution >= 0.6 is 0 Å². The average Bonchev–Trinajstić information content (AvgIpc) is 3.65. The maximum Gasteiger partial charge on any atom is 0.418 e. The van der Waals surface area contributed by atoms with Gasteiger partial charge in [0.2, 0.25) is 20.0 Å². The maximum atomic E-state index is 15.3. The van der Waals surface area contributed by atoms with Gasteiger partial charge in [-0.05, 0) is 88.9 Å². The van der Waals surface area contributed by atoms with Crippen LogP contribution < -0.4 is 4.74 Å². The van der Waals surface area contributed by atoms with Crippen molar-refractivity contribution in [2.45, 2.75) is 128 Å². The second-order valence-corrected chi connectivity index (χ2v) is 25.1. The predicted octanol–water partition coefficient (Wildman–Crippen LogP) is 10.8. The number of rotatable bonds is 11. The molecule has 0 radical (unpaired) electrons. The molecule has 1 aliphatic heterocycles. The van der Waals surface area contributed by atoms with E-state index in [1.807, 2.05) is 19.1 Å². The summed E-state index contributed by atoms with van der Waals surface area (Å²) in [4.78, 5) is 40.9. The van der Waals surface area contributed by atoms with Gasteiger partial charge in [0.15, 0.2) is 5.72 Å². The number of benzene rings is 2. The summed E-state index contributed by atoms with van der Waals surface area (Å²) in [6, 6.07) is 13.8. The van der Waals surface area contributed by atoms with E-state index in [4.69, 9.17) is 28.6 Å². The Balaban J connectivity index is 1.63. The van der Waals surface area contributed by atoms with Gasteiger partial charge in [-0.2, -0.15) is 0 Å². The second-order valence-electron chi connectivity index (χ2n) is 17.9. The van der Waals surface area contributed by atoms with Crippen LogP contribution in [0.15, 0.2) is 95.4 Å². The minimum Gasteiger partial charge on any atom is -0.479 e. The van der Waals surface area contributed by atoms with Crippen LogP contribution in [0.1, 0.15) is 110 Å². The lowest BCUT2D eigenvalue weighted by Gasteiger charge is -2.44. The average molecular weight is 855 g/mol. The maximum absolute atomic E-state index is 15.3. The highest BCUT2D eigenvalue weighted by atomic mass is 32.2. The van der Waals surface area contributed by atoms with E-state index >= 15 is 4.79 Å². The molecule has 320 valence electrons. The molecule has 2 aromatic carbocycles. The first-order valence-electron chi connectivity index (χ1n) is 20.4. The number of hydrogen-bond acceptors (Lipinski definition) is 10. The highest BCUT2D eigenvalue weighted by Crippen LogP contribution is 2.49. The third kappa shape index (κ3) is 7.73. The zero-order valence-corrected chi connectivity index (χ0v) is 38.9. The van der Waals surface area contributed by atoms with E-state index in [2.05, 4.69) is 48.1 Å². The van der Waals surface area contributed by atoms with Crippen LogP contribution in [0.4, 0.5) is 4.79 Å². The Kier molecular flexibility index (Phi) is 11.9.